The van der Waals surface area contributed by atoms with Crippen LogP contribution in [0.25, 0.3) is 0 Å². The van der Waals surface area contributed by atoms with Gasteiger partial charge in [-0.2, -0.15) is 0 Å². The van der Waals surface area contributed by atoms with Crippen molar-refractivity contribution in [3.8, 4) is 0 Å². The van der Waals surface area contributed by atoms with Gasteiger partial charge in [-0.05, 0) is 62.7 Å². The Morgan fingerprint density at radius 2 is 2.00 bits per heavy atom. The topological polar surface area (TPSA) is 76.4 Å². The van der Waals surface area contributed by atoms with Gasteiger partial charge in [-0.1, -0.05) is 19.9 Å². The summed E-state index contributed by atoms with van der Waals surface area (Å²) in [5, 5.41) is 6.95. The smallest absolute Gasteiger partial charge is 0.248 e. The summed E-state index contributed by atoms with van der Waals surface area (Å²) in [4.78, 5) is 11.7. The van der Waals surface area contributed by atoms with Crippen molar-refractivity contribution < 1.29 is 9.53 Å². The molecule has 1 aliphatic carbocycles. The number of primary amides is 1. The highest BCUT2D eigenvalue weighted by Crippen LogP contribution is 2.44. The summed E-state index contributed by atoms with van der Waals surface area (Å²) >= 11 is 0. The third-order valence-corrected chi connectivity index (χ3v) is 5.85. The molecule has 26 heavy (non-hydrogen) atoms. The molecule has 0 saturated heterocycles. The second kappa shape index (κ2) is 10.3. The molecule has 0 bridgehead atoms. The van der Waals surface area contributed by atoms with E-state index in [0.717, 1.165) is 38.8 Å². The van der Waals surface area contributed by atoms with Crippen molar-refractivity contribution in [1.29, 1.82) is 0 Å². The van der Waals surface area contributed by atoms with Crippen LogP contribution in [-0.4, -0.2) is 45.3 Å². The fourth-order valence-electron chi connectivity index (χ4n) is 4.37. The molecular formula is C20H34ClN3O2. The van der Waals surface area contributed by atoms with Gasteiger partial charge >= 0.3 is 0 Å². The second-order valence-electron chi connectivity index (χ2n) is 6.97. The lowest BCUT2D eigenvalue weighted by atomic mass is 9.62. The third-order valence-electron chi connectivity index (χ3n) is 5.85. The first-order chi connectivity index (χ1) is 12.0. The molecule has 1 aromatic rings. The van der Waals surface area contributed by atoms with Crippen molar-refractivity contribution in [1.82, 2.24) is 10.6 Å². The lowest BCUT2D eigenvalue weighted by molar-refractivity contribution is 0.0245. The molecule has 0 aliphatic heterocycles. The maximum Gasteiger partial charge on any atom is 0.248 e. The Balaban J connectivity index is 0.00000338. The summed E-state index contributed by atoms with van der Waals surface area (Å²) < 4.78 is 5.88. The summed E-state index contributed by atoms with van der Waals surface area (Å²) in [5.74, 6) is -0.365. The zero-order valence-electron chi connectivity index (χ0n) is 16.4. The molecule has 0 radical (unpaired) electrons. The Kier molecular flexibility index (Phi) is 9.04. The summed E-state index contributed by atoms with van der Waals surface area (Å²) in [6, 6.07) is 6.13. The van der Waals surface area contributed by atoms with Gasteiger partial charge in [0.15, 0.2) is 0 Å². The number of carbonyl (C=O) groups excluding carboxylic acids is 1. The highest BCUT2D eigenvalue weighted by molar-refractivity contribution is 5.93. The van der Waals surface area contributed by atoms with E-state index in [9.17, 15) is 4.79 Å². The zero-order chi connectivity index (χ0) is 18.4. The van der Waals surface area contributed by atoms with E-state index in [1.165, 1.54) is 11.1 Å². The number of ether oxygens (including phenoxy) is 1. The molecule has 0 aromatic heterocycles. The van der Waals surface area contributed by atoms with Crippen molar-refractivity contribution in [2.45, 2.75) is 57.1 Å². The number of amides is 1. The lowest BCUT2D eigenvalue weighted by Crippen LogP contribution is -2.59. The minimum atomic E-state index is -0.365. The molecule has 6 heteroatoms. The maximum atomic E-state index is 11.7. The molecule has 1 amide bonds. The molecule has 4 N–H and O–H groups in total. The van der Waals surface area contributed by atoms with Gasteiger partial charge in [0.2, 0.25) is 5.91 Å². The van der Waals surface area contributed by atoms with Gasteiger partial charge in [0.1, 0.15) is 0 Å². The standard InChI is InChI=1S/C20H33N3O2.ClH/c1-5-20(6-2)16-12-15(19(21)24)9-8-14(16)13-17(25-4)18(20)23-11-7-10-22-3;/h8-9,12,17-18,22-23H,5-7,10-11,13H2,1-4H3,(H2,21,24);1H. The van der Waals surface area contributed by atoms with E-state index >= 15 is 0 Å². The largest absolute Gasteiger partial charge is 0.379 e. The quantitative estimate of drug-likeness (QED) is 0.572. The maximum absolute atomic E-state index is 11.7. The van der Waals surface area contributed by atoms with Crippen LogP contribution in [0.5, 0.6) is 0 Å². The molecule has 2 atom stereocenters. The van der Waals surface area contributed by atoms with E-state index in [4.69, 9.17) is 10.5 Å². The van der Waals surface area contributed by atoms with Crippen LogP contribution >= 0.6 is 12.4 Å². The normalized spacial score (nSPS) is 20.9. The summed E-state index contributed by atoms with van der Waals surface area (Å²) in [6.45, 7) is 6.39. The third kappa shape index (κ3) is 4.39. The van der Waals surface area contributed by atoms with Crippen LogP contribution in [0.1, 0.15) is 54.6 Å². The SMILES string of the molecule is CCC1(CC)c2cc(C(N)=O)ccc2CC(OC)C1NCCCNC.Cl. The molecule has 1 aromatic carbocycles. The first kappa shape index (κ1) is 22.9. The number of carbonyl (C=O) groups is 1. The number of methoxy groups -OCH3 is 1. The molecule has 2 unspecified atom stereocenters. The highest BCUT2D eigenvalue weighted by Gasteiger charge is 2.46. The van der Waals surface area contributed by atoms with E-state index in [1.54, 1.807) is 7.11 Å². The first-order valence-electron chi connectivity index (χ1n) is 9.38. The van der Waals surface area contributed by atoms with E-state index < -0.39 is 0 Å². The van der Waals surface area contributed by atoms with E-state index in [1.807, 2.05) is 19.2 Å². The Morgan fingerprint density at radius 3 is 2.54 bits per heavy atom. The molecule has 5 nitrogen and oxygen atoms in total. The summed E-state index contributed by atoms with van der Waals surface area (Å²) in [5.41, 5.74) is 8.60. The lowest BCUT2D eigenvalue weighted by Gasteiger charge is -2.49. The van der Waals surface area contributed by atoms with E-state index in [0.29, 0.717) is 5.56 Å². The number of rotatable bonds is 9. The number of nitrogens with two attached hydrogens (primary N) is 1. The van der Waals surface area contributed by atoms with Crippen molar-refractivity contribution >= 4 is 18.3 Å². The molecule has 0 spiro atoms. The van der Waals surface area contributed by atoms with Crippen LogP contribution in [0.3, 0.4) is 0 Å². The number of hydrogen-bond acceptors (Lipinski definition) is 4. The van der Waals surface area contributed by atoms with Gasteiger partial charge in [-0.15, -0.1) is 12.4 Å². The minimum absolute atomic E-state index is 0. The van der Waals surface area contributed by atoms with Gasteiger partial charge in [0.05, 0.1) is 6.10 Å². The van der Waals surface area contributed by atoms with E-state index in [-0.39, 0.29) is 35.9 Å². The zero-order valence-corrected chi connectivity index (χ0v) is 17.2. The highest BCUT2D eigenvalue weighted by atomic mass is 35.5. The Hall–Kier alpha value is -1.14. The average Bonchev–Trinajstić information content (AvgIpc) is 2.63. The molecule has 1 aliphatic rings. The molecule has 0 heterocycles. The van der Waals surface area contributed by atoms with Gasteiger partial charge in [-0.3, -0.25) is 4.79 Å². The monoisotopic (exact) mass is 383 g/mol. The predicted octanol–water partition coefficient (Wildman–Crippen LogP) is 2.40. The number of hydrogen-bond donors (Lipinski definition) is 3. The van der Waals surface area contributed by atoms with Crippen molar-refractivity contribution in [2.75, 3.05) is 27.2 Å². The Bertz CT molecular complexity index is 590. The molecule has 0 fully saturated rings. The minimum Gasteiger partial charge on any atom is -0.379 e. The van der Waals surface area contributed by atoms with Crippen molar-refractivity contribution in [3.05, 3.63) is 34.9 Å². The predicted molar refractivity (Wildman–Crippen MR) is 109 cm³/mol. The van der Waals surface area contributed by atoms with Gasteiger partial charge in [0.25, 0.3) is 0 Å². The number of halogens is 1. The van der Waals surface area contributed by atoms with Crippen LogP contribution in [-0.2, 0) is 16.6 Å². The van der Waals surface area contributed by atoms with Crippen molar-refractivity contribution in [3.63, 3.8) is 0 Å². The van der Waals surface area contributed by atoms with Crippen LogP contribution in [0.2, 0.25) is 0 Å². The number of fused-ring (bicyclic) bond motifs is 1. The van der Waals surface area contributed by atoms with Gasteiger partial charge < -0.3 is 21.1 Å². The number of nitrogens with one attached hydrogen (secondary N) is 2. The molecular weight excluding hydrogens is 350 g/mol. The van der Waals surface area contributed by atoms with Gasteiger partial charge in [0, 0.05) is 30.6 Å². The van der Waals surface area contributed by atoms with Crippen LogP contribution in [0.15, 0.2) is 18.2 Å². The van der Waals surface area contributed by atoms with Crippen molar-refractivity contribution in [2.24, 2.45) is 5.73 Å². The summed E-state index contributed by atoms with van der Waals surface area (Å²) in [6.07, 6.45) is 4.03. The fourth-order valence-corrected chi connectivity index (χ4v) is 4.37. The first-order valence-corrected chi connectivity index (χ1v) is 9.38. The average molecular weight is 384 g/mol. The molecule has 148 valence electrons. The van der Waals surface area contributed by atoms with E-state index in [2.05, 4.69) is 30.5 Å². The Morgan fingerprint density at radius 1 is 1.31 bits per heavy atom. The second-order valence-corrected chi connectivity index (χ2v) is 6.97. The fraction of sp³-hybridized carbons (Fsp3) is 0.650. The molecule has 0 saturated carbocycles. The van der Waals surface area contributed by atoms with Crippen LogP contribution in [0, 0.1) is 0 Å². The molecule has 2 rings (SSSR count). The Labute approximate surface area is 163 Å². The van der Waals surface area contributed by atoms with Gasteiger partial charge in [-0.25, -0.2) is 0 Å². The number of benzene rings is 1. The van der Waals surface area contributed by atoms with Crippen LogP contribution in [0.4, 0.5) is 0 Å². The van der Waals surface area contributed by atoms with Crippen LogP contribution < -0.4 is 16.4 Å². The summed E-state index contributed by atoms with van der Waals surface area (Å²) in [7, 11) is 3.77.